The zero-order valence-corrected chi connectivity index (χ0v) is 15.4. The minimum absolute atomic E-state index is 0.145. The van der Waals surface area contributed by atoms with E-state index >= 15 is 0 Å². The van der Waals surface area contributed by atoms with Crippen LogP contribution < -0.4 is 10.5 Å². The van der Waals surface area contributed by atoms with Crippen LogP contribution in [0.4, 0.5) is 5.82 Å². The average molecular weight is 370 g/mol. The molecule has 1 saturated heterocycles. The monoisotopic (exact) mass is 370 g/mol. The fourth-order valence-corrected chi connectivity index (χ4v) is 3.86. The zero-order valence-electron chi connectivity index (χ0n) is 14.5. The van der Waals surface area contributed by atoms with Crippen molar-refractivity contribution in [3.05, 3.63) is 51.3 Å². The van der Waals surface area contributed by atoms with Crippen molar-refractivity contribution in [2.24, 2.45) is 0 Å². The van der Waals surface area contributed by atoms with E-state index in [1.165, 1.54) is 17.4 Å². The second-order valence-electron chi connectivity index (χ2n) is 6.22. The standard InChI is InChI=1S/C17H18N6O2S/c1-11-12(2)18-10-19-15(11)21-3-5-22(6-4-21)16(25)13-9-14(24)20-17-23(13)7-8-26-17/h7-10H,3-6H2,1-2H3. The lowest BCUT2D eigenvalue weighted by Crippen LogP contribution is -2.49. The number of hydrogen-bond donors (Lipinski definition) is 0. The van der Waals surface area contributed by atoms with Crippen molar-refractivity contribution in [3.63, 3.8) is 0 Å². The van der Waals surface area contributed by atoms with Gasteiger partial charge in [0.25, 0.3) is 11.5 Å². The Labute approximate surface area is 153 Å². The van der Waals surface area contributed by atoms with Crippen LogP contribution in [0.25, 0.3) is 4.96 Å². The number of aromatic nitrogens is 4. The van der Waals surface area contributed by atoms with E-state index in [9.17, 15) is 9.59 Å². The Balaban J connectivity index is 1.54. The molecule has 3 aromatic rings. The molecular formula is C17H18N6O2S. The summed E-state index contributed by atoms with van der Waals surface area (Å²) in [6, 6.07) is 1.31. The number of fused-ring (bicyclic) bond motifs is 1. The first-order valence-corrected chi connectivity index (χ1v) is 9.22. The molecule has 1 amide bonds. The Morgan fingerprint density at radius 2 is 1.92 bits per heavy atom. The first-order chi connectivity index (χ1) is 12.5. The van der Waals surface area contributed by atoms with E-state index in [4.69, 9.17) is 0 Å². The summed E-state index contributed by atoms with van der Waals surface area (Å²) >= 11 is 1.34. The number of anilines is 1. The minimum Gasteiger partial charge on any atom is -0.353 e. The predicted molar refractivity (Wildman–Crippen MR) is 99.0 cm³/mol. The first kappa shape index (κ1) is 16.6. The molecule has 134 valence electrons. The summed E-state index contributed by atoms with van der Waals surface area (Å²) in [4.78, 5) is 41.7. The molecule has 1 fully saturated rings. The first-order valence-electron chi connectivity index (χ1n) is 8.34. The molecule has 0 aromatic carbocycles. The highest BCUT2D eigenvalue weighted by Crippen LogP contribution is 2.20. The third-order valence-electron chi connectivity index (χ3n) is 4.71. The third kappa shape index (κ3) is 2.84. The lowest BCUT2D eigenvalue weighted by molar-refractivity contribution is 0.0738. The maximum Gasteiger partial charge on any atom is 0.274 e. The maximum absolute atomic E-state index is 12.9. The number of rotatable bonds is 2. The van der Waals surface area contributed by atoms with Crippen molar-refractivity contribution >= 4 is 28.0 Å². The predicted octanol–water partition coefficient (Wildman–Crippen LogP) is 1.13. The topological polar surface area (TPSA) is 83.7 Å². The summed E-state index contributed by atoms with van der Waals surface area (Å²) in [6.45, 7) is 6.51. The van der Waals surface area contributed by atoms with Crippen LogP contribution in [-0.4, -0.2) is 56.3 Å². The summed E-state index contributed by atoms with van der Waals surface area (Å²) < 4.78 is 1.68. The molecule has 0 saturated carbocycles. The zero-order chi connectivity index (χ0) is 18.3. The second kappa shape index (κ2) is 6.49. The quantitative estimate of drug-likeness (QED) is 0.672. The van der Waals surface area contributed by atoms with Crippen molar-refractivity contribution in [1.82, 2.24) is 24.3 Å². The van der Waals surface area contributed by atoms with Gasteiger partial charge in [0.2, 0.25) is 0 Å². The van der Waals surface area contributed by atoms with Gasteiger partial charge >= 0.3 is 0 Å². The van der Waals surface area contributed by atoms with Gasteiger partial charge in [-0.1, -0.05) is 0 Å². The average Bonchev–Trinajstić information content (AvgIpc) is 3.11. The van der Waals surface area contributed by atoms with Gasteiger partial charge in [-0.25, -0.2) is 9.97 Å². The minimum atomic E-state index is -0.387. The molecule has 4 heterocycles. The number of thiazole rings is 1. The molecule has 0 spiro atoms. The Bertz CT molecular complexity index is 1040. The highest BCUT2D eigenvalue weighted by atomic mass is 32.1. The molecule has 0 radical (unpaired) electrons. The van der Waals surface area contributed by atoms with Crippen LogP contribution in [0.5, 0.6) is 0 Å². The normalized spacial score (nSPS) is 14.8. The van der Waals surface area contributed by atoms with Crippen molar-refractivity contribution < 1.29 is 4.79 Å². The molecule has 9 heteroatoms. The van der Waals surface area contributed by atoms with Crippen molar-refractivity contribution in [3.8, 4) is 0 Å². The third-order valence-corrected chi connectivity index (χ3v) is 5.47. The Morgan fingerprint density at radius 1 is 1.15 bits per heavy atom. The van der Waals surface area contributed by atoms with Crippen molar-refractivity contribution in [1.29, 1.82) is 0 Å². The molecule has 1 aliphatic heterocycles. The molecule has 8 nitrogen and oxygen atoms in total. The molecule has 0 atom stereocenters. The summed E-state index contributed by atoms with van der Waals surface area (Å²) in [5.41, 5.74) is 2.00. The Hall–Kier alpha value is -2.81. The van der Waals surface area contributed by atoms with Gasteiger partial charge in [0.05, 0.1) is 0 Å². The van der Waals surface area contributed by atoms with Crippen molar-refractivity contribution in [2.45, 2.75) is 13.8 Å². The van der Waals surface area contributed by atoms with E-state index in [-0.39, 0.29) is 11.5 Å². The fraction of sp³-hybridized carbons (Fsp3) is 0.353. The van der Waals surface area contributed by atoms with Crippen LogP contribution in [0.1, 0.15) is 21.7 Å². The Morgan fingerprint density at radius 3 is 2.69 bits per heavy atom. The molecule has 0 unspecified atom stereocenters. The highest BCUT2D eigenvalue weighted by molar-refractivity contribution is 7.15. The molecule has 3 aromatic heterocycles. The Kier molecular flexibility index (Phi) is 4.15. The van der Waals surface area contributed by atoms with E-state index in [0.29, 0.717) is 36.8 Å². The van der Waals surface area contributed by atoms with Crippen LogP contribution in [-0.2, 0) is 0 Å². The molecule has 26 heavy (non-hydrogen) atoms. The van der Waals surface area contributed by atoms with E-state index in [1.54, 1.807) is 21.8 Å². The highest BCUT2D eigenvalue weighted by Gasteiger charge is 2.25. The lowest BCUT2D eigenvalue weighted by atomic mass is 10.2. The maximum atomic E-state index is 12.9. The number of hydrogen-bond acceptors (Lipinski definition) is 7. The van der Waals surface area contributed by atoms with Gasteiger partial charge in [0.1, 0.15) is 17.8 Å². The van der Waals surface area contributed by atoms with E-state index in [1.807, 2.05) is 19.2 Å². The lowest BCUT2D eigenvalue weighted by Gasteiger charge is -2.36. The molecule has 0 bridgehead atoms. The number of aryl methyl sites for hydroxylation is 1. The van der Waals surface area contributed by atoms with Crippen LogP contribution in [0, 0.1) is 13.8 Å². The number of piperazine rings is 1. The van der Waals surface area contributed by atoms with E-state index in [0.717, 1.165) is 17.1 Å². The number of nitrogens with zero attached hydrogens (tertiary/aromatic N) is 6. The summed E-state index contributed by atoms with van der Waals surface area (Å²) in [5.74, 6) is 0.776. The molecule has 0 N–H and O–H groups in total. The van der Waals surface area contributed by atoms with Gasteiger partial charge in [-0.3, -0.25) is 14.0 Å². The van der Waals surface area contributed by atoms with E-state index < -0.39 is 0 Å². The smallest absolute Gasteiger partial charge is 0.274 e. The SMILES string of the molecule is Cc1ncnc(N2CCN(C(=O)c3cc(=O)nc4sccn34)CC2)c1C. The van der Waals surface area contributed by atoms with Crippen LogP contribution >= 0.6 is 11.3 Å². The van der Waals surface area contributed by atoms with Gasteiger partial charge in [-0.2, -0.15) is 4.98 Å². The van der Waals surface area contributed by atoms with Gasteiger partial charge in [-0.05, 0) is 13.8 Å². The van der Waals surface area contributed by atoms with Crippen LogP contribution in [0.2, 0.25) is 0 Å². The second-order valence-corrected chi connectivity index (χ2v) is 7.10. The van der Waals surface area contributed by atoms with Crippen LogP contribution in [0.3, 0.4) is 0 Å². The number of amides is 1. The molecular weight excluding hydrogens is 352 g/mol. The fourth-order valence-electron chi connectivity index (χ4n) is 3.14. The van der Waals surface area contributed by atoms with Gasteiger partial charge in [-0.15, -0.1) is 11.3 Å². The molecule has 4 rings (SSSR count). The van der Waals surface area contributed by atoms with E-state index in [2.05, 4.69) is 19.9 Å². The van der Waals surface area contributed by atoms with Crippen LogP contribution in [0.15, 0.2) is 28.8 Å². The largest absolute Gasteiger partial charge is 0.353 e. The molecule has 1 aliphatic rings. The summed E-state index contributed by atoms with van der Waals surface area (Å²) in [6.07, 6.45) is 3.34. The van der Waals surface area contributed by atoms with Gasteiger partial charge < -0.3 is 9.80 Å². The number of carbonyl (C=O) groups is 1. The van der Waals surface area contributed by atoms with Gasteiger partial charge in [0.15, 0.2) is 4.96 Å². The number of carbonyl (C=O) groups excluding carboxylic acids is 1. The summed E-state index contributed by atoms with van der Waals surface area (Å²) in [5, 5.41) is 1.82. The molecule has 0 aliphatic carbocycles. The summed E-state index contributed by atoms with van der Waals surface area (Å²) in [7, 11) is 0. The van der Waals surface area contributed by atoms with Crippen molar-refractivity contribution in [2.75, 3.05) is 31.1 Å². The van der Waals surface area contributed by atoms with Gasteiger partial charge in [0, 0.05) is 55.1 Å².